The van der Waals surface area contributed by atoms with Crippen LogP contribution in [0, 0.1) is 11.7 Å². The Morgan fingerprint density at radius 2 is 1.79 bits per heavy atom. The number of nitrogens with one attached hydrogen (secondary N) is 1. The number of carbonyl (C=O) groups is 2. The first-order valence-corrected chi connectivity index (χ1v) is 11.7. The Kier molecular flexibility index (Phi) is 8.83. The monoisotopic (exact) mass is 455 g/mol. The van der Waals surface area contributed by atoms with Crippen molar-refractivity contribution in [2.24, 2.45) is 5.92 Å². The molecule has 6 nitrogen and oxygen atoms in total. The average molecular weight is 456 g/mol. The Morgan fingerprint density at radius 1 is 1.12 bits per heavy atom. The van der Waals surface area contributed by atoms with Gasteiger partial charge in [0.05, 0.1) is 19.1 Å². The quantitative estimate of drug-likeness (QED) is 0.547. The van der Waals surface area contributed by atoms with E-state index in [1.165, 1.54) is 12.1 Å². The van der Waals surface area contributed by atoms with Crippen LogP contribution in [0.4, 0.5) is 10.1 Å². The topological polar surface area (TPSA) is 61.9 Å². The Hall–Kier alpha value is -2.93. The summed E-state index contributed by atoms with van der Waals surface area (Å²) in [6.07, 6.45) is 1.60. The number of hydrogen-bond donors (Lipinski definition) is 1. The highest BCUT2D eigenvalue weighted by molar-refractivity contribution is 5.97. The molecule has 2 aromatic rings. The molecule has 1 fully saturated rings. The van der Waals surface area contributed by atoms with Gasteiger partial charge in [0.1, 0.15) is 11.6 Å². The predicted octanol–water partition coefficient (Wildman–Crippen LogP) is 4.17. The van der Waals surface area contributed by atoms with Gasteiger partial charge in [0.15, 0.2) is 0 Å². The maximum atomic E-state index is 13.6. The van der Waals surface area contributed by atoms with Crippen LogP contribution in [-0.2, 0) is 9.59 Å². The fourth-order valence-electron chi connectivity index (χ4n) is 4.44. The number of methoxy groups -OCH3 is 1. The molecule has 1 saturated heterocycles. The summed E-state index contributed by atoms with van der Waals surface area (Å²) >= 11 is 0. The van der Waals surface area contributed by atoms with Gasteiger partial charge in [0, 0.05) is 18.7 Å². The van der Waals surface area contributed by atoms with E-state index < -0.39 is 12.0 Å². The standard InChI is InChI=1S/C26H34FN3O3/c1-4-29(5-2)18-6-17-28-26(32)23-15-16-24(31)30(21-11-13-22(33-3)14-12-21)25(23)19-7-9-20(27)10-8-19/h7-14,23,25H,4-6,15-18H2,1-3H3,(H,28,32)/t23-,25+/m1/s1. The van der Waals surface area contributed by atoms with Crippen molar-refractivity contribution in [3.63, 3.8) is 0 Å². The van der Waals surface area contributed by atoms with Crippen LogP contribution in [0.15, 0.2) is 48.5 Å². The maximum absolute atomic E-state index is 13.6. The first-order chi connectivity index (χ1) is 16.0. The zero-order valence-electron chi connectivity index (χ0n) is 19.7. The Morgan fingerprint density at radius 3 is 2.39 bits per heavy atom. The first kappa shape index (κ1) is 24.7. The van der Waals surface area contributed by atoms with Crippen LogP contribution < -0.4 is 15.0 Å². The molecule has 1 N–H and O–H groups in total. The number of nitrogens with zero attached hydrogens (tertiary/aromatic N) is 2. The van der Waals surface area contributed by atoms with Crippen molar-refractivity contribution in [2.45, 2.75) is 39.2 Å². The van der Waals surface area contributed by atoms with Crippen LogP contribution in [0.3, 0.4) is 0 Å². The zero-order valence-corrected chi connectivity index (χ0v) is 19.7. The van der Waals surface area contributed by atoms with Crippen LogP contribution in [0.25, 0.3) is 0 Å². The normalized spacial score (nSPS) is 18.5. The molecule has 2 aromatic carbocycles. The first-order valence-electron chi connectivity index (χ1n) is 11.7. The van der Waals surface area contributed by atoms with Gasteiger partial charge in [-0.15, -0.1) is 0 Å². The van der Waals surface area contributed by atoms with E-state index >= 15 is 0 Å². The van der Waals surface area contributed by atoms with Gasteiger partial charge >= 0.3 is 0 Å². The van der Waals surface area contributed by atoms with E-state index in [1.807, 2.05) is 12.1 Å². The molecule has 2 amide bonds. The van der Waals surface area contributed by atoms with E-state index in [2.05, 4.69) is 24.1 Å². The van der Waals surface area contributed by atoms with Gasteiger partial charge < -0.3 is 19.9 Å². The number of carbonyl (C=O) groups excluding carboxylic acids is 2. The lowest BCUT2D eigenvalue weighted by Gasteiger charge is -2.41. The lowest BCUT2D eigenvalue weighted by atomic mass is 9.83. The molecule has 2 atom stereocenters. The average Bonchev–Trinajstić information content (AvgIpc) is 2.84. The third kappa shape index (κ3) is 6.11. The summed E-state index contributed by atoms with van der Waals surface area (Å²) in [5.41, 5.74) is 1.43. The zero-order chi connectivity index (χ0) is 23.8. The fraction of sp³-hybridized carbons (Fsp3) is 0.462. The van der Waals surface area contributed by atoms with Gasteiger partial charge in [-0.2, -0.15) is 0 Å². The van der Waals surface area contributed by atoms with Gasteiger partial charge in [-0.25, -0.2) is 4.39 Å². The van der Waals surface area contributed by atoms with Crippen molar-refractivity contribution < 1.29 is 18.7 Å². The molecule has 1 aliphatic heterocycles. The molecule has 0 bridgehead atoms. The minimum atomic E-state index is -0.511. The molecular formula is C26H34FN3O3. The molecule has 0 radical (unpaired) electrons. The molecule has 3 rings (SSSR count). The second-order valence-electron chi connectivity index (χ2n) is 8.27. The summed E-state index contributed by atoms with van der Waals surface area (Å²) in [7, 11) is 1.59. The molecule has 0 saturated carbocycles. The lowest BCUT2D eigenvalue weighted by molar-refractivity contribution is -0.129. The van der Waals surface area contributed by atoms with Crippen LogP contribution in [0.2, 0.25) is 0 Å². The van der Waals surface area contributed by atoms with E-state index in [0.717, 1.165) is 31.6 Å². The molecule has 1 aliphatic rings. The molecule has 0 spiro atoms. The second-order valence-corrected chi connectivity index (χ2v) is 8.27. The van der Waals surface area contributed by atoms with E-state index in [0.29, 0.717) is 24.4 Å². The van der Waals surface area contributed by atoms with E-state index in [1.54, 1.807) is 36.3 Å². The van der Waals surface area contributed by atoms with Crippen LogP contribution in [0.1, 0.15) is 44.7 Å². The number of ether oxygens (including phenoxy) is 1. The van der Waals surface area contributed by atoms with E-state index in [-0.39, 0.29) is 24.1 Å². The van der Waals surface area contributed by atoms with Gasteiger partial charge in [-0.3, -0.25) is 9.59 Å². The number of benzene rings is 2. The molecule has 1 heterocycles. The number of amides is 2. The Bertz CT molecular complexity index is 913. The summed E-state index contributed by atoms with van der Waals surface area (Å²) in [6.45, 7) is 7.73. The van der Waals surface area contributed by atoms with Crippen molar-refractivity contribution in [1.29, 1.82) is 0 Å². The van der Waals surface area contributed by atoms with Gasteiger partial charge in [-0.05, 0) is 74.4 Å². The minimum Gasteiger partial charge on any atom is -0.497 e. The SMILES string of the molecule is CCN(CC)CCCNC(=O)[C@@H]1CCC(=O)N(c2ccc(OC)cc2)[C@H]1c1ccc(F)cc1. The van der Waals surface area contributed by atoms with E-state index in [4.69, 9.17) is 4.74 Å². The van der Waals surface area contributed by atoms with Gasteiger partial charge in [-0.1, -0.05) is 26.0 Å². The summed E-state index contributed by atoms with van der Waals surface area (Å²) in [6, 6.07) is 12.8. The second kappa shape index (κ2) is 11.8. The largest absolute Gasteiger partial charge is 0.497 e. The molecule has 0 aromatic heterocycles. The Balaban J connectivity index is 1.84. The highest BCUT2D eigenvalue weighted by Gasteiger charge is 2.41. The van der Waals surface area contributed by atoms with Gasteiger partial charge in [0.2, 0.25) is 11.8 Å². The third-order valence-electron chi connectivity index (χ3n) is 6.34. The highest BCUT2D eigenvalue weighted by Crippen LogP contribution is 2.40. The van der Waals surface area contributed by atoms with Crippen LogP contribution >= 0.6 is 0 Å². The minimum absolute atomic E-state index is 0.0555. The molecular weight excluding hydrogens is 421 g/mol. The molecule has 33 heavy (non-hydrogen) atoms. The molecule has 7 heteroatoms. The summed E-state index contributed by atoms with van der Waals surface area (Å²) in [5.74, 6) is -0.225. The molecule has 0 aliphatic carbocycles. The van der Waals surface area contributed by atoms with Crippen LogP contribution in [-0.4, -0.2) is 50.0 Å². The maximum Gasteiger partial charge on any atom is 0.227 e. The molecule has 178 valence electrons. The predicted molar refractivity (Wildman–Crippen MR) is 128 cm³/mol. The summed E-state index contributed by atoms with van der Waals surface area (Å²) < 4.78 is 18.9. The number of hydrogen-bond acceptors (Lipinski definition) is 4. The van der Waals surface area contributed by atoms with E-state index in [9.17, 15) is 14.0 Å². The summed E-state index contributed by atoms with van der Waals surface area (Å²) in [5, 5.41) is 3.07. The number of rotatable bonds is 10. The van der Waals surface area contributed by atoms with Crippen molar-refractivity contribution in [2.75, 3.05) is 38.2 Å². The number of piperidine rings is 1. The molecule has 0 unspecified atom stereocenters. The number of anilines is 1. The van der Waals surface area contributed by atoms with Crippen molar-refractivity contribution in [3.8, 4) is 5.75 Å². The third-order valence-corrected chi connectivity index (χ3v) is 6.34. The van der Waals surface area contributed by atoms with Crippen LogP contribution in [0.5, 0.6) is 5.75 Å². The Labute approximate surface area is 195 Å². The summed E-state index contributed by atoms with van der Waals surface area (Å²) in [4.78, 5) is 30.3. The van der Waals surface area contributed by atoms with Crippen molar-refractivity contribution in [3.05, 3.63) is 59.9 Å². The lowest BCUT2D eigenvalue weighted by Crippen LogP contribution is -2.48. The van der Waals surface area contributed by atoms with Crippen molar-refractivity contribution in [1.82, 2.24) is 10.2 Å². The highest BCUT2D eigenvalue weighted by atomic mass is 19.1. The smallest absolute Gasteiger partial charge is 0.227 e. The van der Waals surface area contributed by atoms with Gasteiger partial charge in [0.25, 0.3) is 0 Å². The fourth-order valence-corrected chi connectivity index (χ4v) is 4.44. The number of halogens is 1. The van der Waals surface area contributed by atoms with Crippen molar-refractivity contribution >= 4 is 17.5 Å².